The monoisotopic (exact) mass is 439 g/mol. The normalized spacial score (nSPS) is 17.8. The Morgan fingerprint density at radius 2 is 1.75 bits per heavy atom. The number of nitro benzene ring substituents is 1. The van der Waals surface area contributed by atoms with E-state index in [4.69, 9.17) is 4.74 Å². The number of amides is 1. The molecule has 1 unspecified atom stereocenters. The number of ketones is 1. The van der Waals surface area contributed by atoms with Crippen molar-refractivity contribution >= 4 is 23.1 Å². The maximum absolute atomic E-state index is 13.0. The number of methoxy groups -OCH3 is 1. The molecule has 2 aromatic rings. The Balaban J connectivity index is 2.07. The smallest absolute Gasteiger partial charge is 0.295 e. The largest absolute Gasteiger partial charge is 0.507 e. The fourth-order valence-electron chi connectivity index (χ4n) is 3.70. The Hall–Kier alpha value is -3.72. The first-order valence-electron chi connectivity index (χ1n) is 10.1. The van der Waals surface area contributed by atoms with E-state index < -0.39 is 22.7 Å². The molecule has 1 N–H and O–H groups in total. The van der Waals surface area contributed by atoms with Crippen molar-refractivity contribution in [1.29, 1.82) is 0 Å². The third-order valence-electron chi connectivity index (χ3n) is 5.33. The molecular formula is C23H25N3O6. The Bertz CT molecular complexity index is 1040. The van der Waals surface area contributed by atoms with Gasteiger partial charge in [0, 0.05) is 24.2 Å². The summed E-state index contributed by atoms with van der Waals surface area (Å²) >= 11 is 0. The average molecular weight is 439 g/mol. The van der Waals surface area contributed by atoms with E-state index in [9.17, 15) is 24.8 Å². The quantitative estimate of drug-likeness (QED) is 0.221. The number of hydrogen-bond acceptors (Lipinski definition) is 7. The van der Waals surface area contributed by atoms with Crippen LogP contribution in [0.5, 0.6) is 5.75 Å². The van der Waals surface area contributed by atoms with E-state index >= 15 is 0 Å². The first-order valence-corrected chi connectivity index (χ1v) is 10.1. The van der Waals surface area contributed by atoms with Gasteiger partial charge in [0.1, 0.15) is 11.5 Å². The lowest BCUT2D eigenvalue weighted by atomic mass is 9.95. The standard InChI is InChI=1S/C23H25N3O6/c1-24(2)13-4-14-25-20(15-7-11-18(32-3)12-8-15)19(22(28)23(25)29)21(27)16-5-9-17(10-6-16)26(30)31/h5-12,20,27H,4,13-14H2,1-3H3/b21-19-. The molecule has 1 fully saturated rings. The van der Waals surface area contributed by atoms with E-state index in [0.29, 0.717) is 24.3 Å². The van der Waals surface area contributed by atoms with Crippen LogP contribution in [0.1, 0.15) is 23.6 Å². The molecule has 1 saturated heterocycles. The molecule has 1 atom stereocenters. The zero-order valence-electron chi connectivity index (χ0n) is 18.1. The minimum Gasteiger partial charge on any atom is -0.507 e. The van der Waals surface area contributed by atoms with Crippen molar-refractivity contribution in [2.24, 2.45) is 0 Å². The number of aliphatic hydroxyl groups is 1. The van der Waals surface area contributed by atoms with Crippen molar-refractivity contribution < 1.29 is 24.4 Å². The topological polar surface area (TPSA) is 113 Å². The predicted octanol–water partition coefficient (Wildman–Crippen LogP) is 2.98. The summed E-state index contributed by atoms with van der Waals surface area (Å²) in [5, 5.41) is 21.9. The second kappa shape index (κ2) is 9.61. The summed E-state index contributed by atoms with van der Waals surface area (Å²) in [5.74, 6) is -1.22. The van der Waals surface area contributed by atoms with Crippen LogP contribution in [0.25, 0.3) is 5.76 Å². The van der Waals surface area contributed by atoms with Crippen LogP contribution < -0.4 is 4.74 Å². The summed E-state index contributed by atoms with van der Waals surface area (Å²) in [6.07, 6.45) is 0.643. The van der Waals surface area contributed by atoms with Crippen molar-refractivity contribution in [3.8, 4) is 5.75 Å². The van der Waals surface area contributed by atoms with Crippen LogP contribution in [-0.2, 0) is 9.59 Å². The number of ether oxygens (including phenoxy) is 1. The highest BCUT2D eigenvalue weighted by molar-refractivity contribution is 6.46. The molecule has 1 aliphatic rings. The lowest BCUT2D eigenvalue weighted by molar-refractivity contribution is -0.384. The molecule has 0 radical (unpaired) electrons. The molecular weight excluding hydrogens is 414 g/mol. The van der Waals surface area contributed by atoms with Gasteiger partial charge in [0.15, 0.2) is 0 Å². The van der Waals surface area contributed by atoms with Gasteiger partial charge in [-0.2, -0.15) is 0 Å². The van der Waals surface area contributed by atoms with E-state index in [2.05, 4.69) is 0 Å². The van der Waals surface area contributed by atoms with Crippen LogP contribution in [-0.4, -0.2) is 65.8 Å². The lowest BCUT2D eigenvalue weighted by Gasteiger charge is -2.26. The van der Waals surface area contributed by atoms with Crippen molar-refractivity contribution in [2.75, 3.05) is 34.3 Å². The fourth-order valence-corrected chi connectivity index (χ4v) is 3.70. The van der Waals surface area contributed by atoms with Crippen molar-refractivity contribution in [3.05, 3.63) is 75.3 Å². The van der Waals surface area contributed by atoms with E-state index in [1.54, 1.807) is 24.3 Å². The van der Waals surface area contributed by atoms with Gasteiger partial charge < -0.3 is 19.6 Å². The number of carbonyl (C=O) groups is 2. The predicted molar refractivity (Wildman–Crippen MR) is 118 cm³/mol. The molecule has 0 aromatic heterocycles. The van der Waals surface area contributed by atoms with E-state index in [0.717, 1.165) is 6.54 Å². The van der Waals surface area contributed by atoms with E-state index in [1.807, 2.05) is 19.0 Å². The van der Waals surface area contributed by atoms with Gasteiger partial charge in [0.2, 0.25) is 0 Å². The minimum absolute atomic E-state index is 0.0427. The van der Waals surface area contributed by atoms with Crippen molar-refractivity contribution in [3.63, 3.8) is 0 Å². The van der Waals surface area contributed by atoms with Gasteiger partial charge in [-0.15, -0.1) is 0 Å². The number of non-ortho nitro benzene ring substituents is 1. The first kappa shape index (κ1) is 23.0. The molecule has 1 heterocycles. The molecule has 0 bridgehead atoms. The zero-order valence-corrected chi connectivity index (χ0v) is 18.1. The summed E-state index contributed by atoms with van der Waals surface area (Å²) in [4.78, 5) is 39.7. The van der Waals surface area contributed by atoms with Crippen LogP contribution in [0.2, 0.25) is 0 Å². The molecule has 1 amide bonds. The summed E-state index contributed by atoms with van der Waals surface area (Å²) < 4.78 is 5.20. The fraction of sp³-hybridized carbons (Fsp3) is 0.304. The van der Waals surface area contributed by atoms with Gasteiger partial charge in [0.25, 0.3) is 17.4 Å². The van der Waals surface area contributed by atoms with Crippen molar-refractivity contribution in [2.45, 2.75) is 12.5 Å². The number of aliphatic hydroxyl groups excluding tert-OH is 1. The van der Waals surface area contributed by atoms with Crippen LogP contribution >= 0.6 is 0 Å². The Kier molecular flexibility index (Phi) is 6.89. The number of carbonyl (C=O) groups excluding carboxylic acids is 2. The maximum atomic E-state index is 13.0. The molecule has 0 saturated carbocycles. The highest BCUT2D eigenvalue weighted by Gasteiger charge is 2.45. The number of hydrogen-bond donors (Lipinski definition) is 1. The molecule has 9 heteroatoms. The number of likely N-dealkylation sites (tertiary alicyclic amines) is 1. The number of benzene rings is 2. The van der Waals surface area contributed by atoms with E-state index in [1.165, 1.54) is 36.3 Å². The summed E-state index contributed by atoms with van der Waals surface area (Å²) in [5.41, 5.74) is 0.690. The highest BCUT2D eigenvalue weighted by Crippen LogP contribution is 2.40. The van der Waals surface area contributed by atoms with Gasteiger partial charge in [-0.3, -0.25) is 19.7 Å². The molecule has 168 valence electrons. The Morgan fingerprint density at radius 3 is 2.28 bits per heavy atom. The molecule has 1 aliphatic heterocycles. The molecule has 0 aliphatic carbocycles. The van der Waals surface area contributed by atoms with Crippen LogP contribution in [0.3, 0.4) is 0 Å². The van der Waals surface area contributed by atoms with Crippen LogP contribution in [0.15, 0.2) is 54.1 Å². The number of Topliss-reactive ketones (excluding diaryl/α,β-unsaturated/α-hetero) is 1. The van der Waals surface area contributed by atoms with E-state index in [-0.39, 0.29) is 22.6 Å². The third-order valence-corrected chi connectivity index (χ3v) is 5.33. The van der Waals surface area contributed by atoms with Gasteiger partial charge >= 0.3 is 0 Å². The molecule has 0 spiro atoms. The van der Waals surface area contributed by atoms with Crippen LogP contribution in [0.4, 0.5) is 5.69 Å². The van der Waals surface area contributed by atoms with Gasteiger partial charge in [-0.05, 0) is 56.9 Å². The third kappa shape index (κ3) is 4.62. The Morgan fingerprint density at radius 1 is 1.12 bits per heavy atom. The molecule has 3 rings (SSSR count). The number of nitrogens with zero attached hydrogens (tertiary/aromatic N) is 3. The summed E-state index contributed by atoms with van der Waals surface area (Å²) in [6.45, 7) is 1.05. The van der Waals surface area contributed by atoms with Gasteiger partial charge in [-0.25, -0.2) is 0 Å². The molecule has 2 aromatic carbocycles. The second-order valence-electron chi connectivity index (χ2n) is 7.73. The van der Waals surface area contributed by atoms with Gasteiger partial charge in [0.05, 0.1) is 23.6 Å². The minimum atomic E-state index is -0.786. The second-order valence-corrected chi connectivity index (χ2v) is 7.73. The number of rotatable bonds is 8. The average Bonchev–Trinajstić information content (AvgIpc) is 3.03. The summed E-state index contributed by atoms with van der Waals surface area (Å²) in [6, 6.07) is 11.4. The molecule has 9 nitrogen and oxygen atoms in total. The van der Waals surface area contributed by atoms with Crippen LogP contribution in [0, 0.1) is 10.1 Å². The number of nitro groups is 1. The first-order chi connectivity index (χ1) is 15.2. The molecule has 32 heavy (non-hydrogen) atoms. The zero-order chi connectivity index (χ0) is 23.4. The SMILES string of the molecule is COc1ccc(C2/C(=C(/O)c3ccc([N+](=O)[O-])cc3)C(=O)C(=O)N2CCCN(C)C)cc1. The highest BCUT2D eigenvalue weighted by atomic mass is 16.6. The van der Waals surface area contributed by atoms with Crippen molar-refractivity contribution in [1.82, 2.24) is 9.80 Å². The van der Waals surface area contributed by atoms with Gasteiger partial charge in [-0.1, -0.05) is 12.1 Å². The summed E-state index contributed by atoms with van der Waals surface area (Å²) in [7, 11) is 5.38. The Labute approximate surface area is 185 Å². The lowest BCUT2D eigenvalue weighted by Crippen LogP contribution is -2.32. The maximum Gasteiger partial charge on any atom is 0.295 e.